The van der Waals surface area contributed by atoms with Crippen molar-refractivity contribution >= 4 is 27.7 Å². The van der Waals surface area contributed by atoms with E-state index in [-0.39, 0.29) is 17.4 Å². The van der Waals surface area contributed by atoms with Crippen molar-refractivity contribution in [1.29, 1.82) is 0 Å². The minimum atomic E-state index is -2.97. The summed E-state index contributed by atoms with van der Waals surface area (Å²) < 4.78 is 22.9. The molecule has 0 spiro atoms. The van der Waals surface area contributed by atoms with Gasteiger partial charge in [-0.1, -0.05) is 29.8 Å². The van der Waals surface area contributed by atoms with Crippen LogP contribution in [0.2, 0.25) is 5.02 Å². The predicted molar refractivity (Wildman–Crippen MR) is 67.0 cm³/mol. The molecule has 1 aliphatic heterocycles. The minimum absolute atomic E-state index is 0.0850. The lowest BCUT2D eigenvalue weighted by Gasteiger charge is -2.17. The van der Waals surface area contributed by atoms with Crippen molar-refractivity contribution in [1.82, 2.24) is 0 Å². The molecule has 0 N–H and O–H groups in total. The lowest BCUT2D eigenvalue weighted by molar-refractivity contribution is -0.109. The smallest absolute Gasteiger partial charge is 0.150 e. The van der Waals surface area contributed by atoms with Gasteiger partial charge in [0.2, 0.25) is 0 Å². The van der Waals surface area contributed by atoms with E-state index < -0.39 is 15.8 Å². The Labute approximate surface area is 106 Å². The number of hydrogen-bond acceptors (Lipinski definition) is 3. The zero-order chi connectivity index (χ0) is 12.5. The van der Waals surface area contributed by atoms with Crippen LogP contribution in [0, 0.1) is 5.92 Å². The highest BCUT2D eigenvalue weighted by Gasteiger charge is 2.34. The quantitative estimate of drug-likeness (QED) is 0.792. The molecule has 0 saturated carbocycles. The van der Waals surface area contributed by atoms with Crippen LogP contribution in [-0.4, -0.2) is 26.2 Å². The Morgan fingerprint density at radius 3 is 2.59 bits per heavy atom. The third kappa shape index (κ3) is 2.69. The summed E-state index contributed by atoms with van der Waals surface area (Å²) in [5.74, 6) is -0.299. The molecular formula is C12H13ClO3S. The SMILES string of the molecule is O=CC(c1ccccc1Cl)C1CCS(=O)(=O)C1. The summed E-state index contributed by atoms with van der Waals surface area (Å²) in [5.41, 5.74) is 0.728. The second kappa shape index (κ2) is 4.78. The molecule has 0 aliphatic carbocycles. The van der Waals surface area contributed by atoms with E-state index in [0.29, 0.717) is 11.4 Å². The monoisotopic (exact) mass is 272 g/mol. The van der Waals surface area contributed by atoms with Crippen molar-refractivity contribution in [2.75, 3.05) is 11.5 Å². The largest absolute Gasteiger partial charge is 0.303 e. The van der Waals surface area contributed by atoms with Gasteiger partial charge in [-0.2, -0.15) is 0 Å². The number of sulfone groups is 1. The fraction of sp³-hybridized carbons (Fsp3) is 0.417. The lowest BCUT2D eigenvalue weighted by Crippen LogP contribution is -2.16. The van der Waals surface area contributed by atoms with Crippen LogP contribution < -0.4 is 0 Å². The molecule has 1 aromatic rings. The van der Waals surface area contributed by atoms with Crippen LogP contribution in [0.25, 0.3) is 0 Å². The molecule has 0 bridgehead atoms. The summed E-state index contributed by atoms with van der Waals surface area (Å²) >= 11 is 6.04. The first-order valence-corrected chi connectivity index (χ1v) is 7.63. The number of aldehydes is 1. The van der Waals surface area contributed by atoms with Gasteiger partial charge in [0, 0.05) is 10.9 Å². The molecule has 17 heavy (non-hydrogen) atoms. The van der Waals surface area contributed by atoms with Crippen molar-refractivity contribution in [2.24, 2.45) is 5.92 Å². The molecule has 1 aliphatic rings. The molecule has 92 valence electrons. The maximum atomic E-state index is 11.4. The van der Waals surface area contributed by atoms with Crippen LogP contribution in [0.5, 0.6) is 0 Å². The van der Waals surface area contributed by atoms with E-state index in [2.05, 4.69) is 0 Å². The number of rotatable bonds is 3. The molecule has 5 heteroatoms. The van der Waals surface area contributed by atoms with Gasteiger partial charge in [0.05, 0.1) is 11.5 Å². The molecule has 1 aromatic carbocycles. The average Bonchev–Trinajstić information content (AvgIpc) is 2.63. The van der Waals surface area contributed by atoms with Gasteiger partial charge in [-0.15, -0.1) is 0 Å². The zero-order valence-corrected chi connectivity index (χ0v) is 10.7. The lowest BCUT2D eigenvalue weighted by atomic mass is 9.87. The number of carbonyl (C=O) groups is 1. The van der Waals surface area contributed by atoms with Gasteiger partial charge in [0.15, 0.2) is 9.84 Å². The summed E-state index contributed by atoms with van der Waals surface area (Å²) in [4.78, 5) is 11.2. The maximum absolute atomic E-state index is 11.4. The number of carbonyl (C=O) groups excluding carboxylic acids is 1. The van der Waals surface area contributed by atoms with Crippen LogP contribution in [0.1, 0.15) is 17.9 Å². The highest BCUT2D eigenvalue weighted by Crippen LogP contribution is 2.34. The van der Waals surface area contributed by atoms with E-state index in [9.17, 15) is 13.2 Å². The third-order valence-corrected chi connectivity index (χ3v) is 5.32. The summed E-state index contributed by atoms with van der Waals surface area (Å²) in [6.45, 7) is 0. The van der Waals surface area contributed by atoms with Gasteiger partial charge in [0.1, 0.15) is 6.29 Å². The molecule has 0 amide bonds. The van der Waals surface area contributed by atoms with Crippen molar-refractivity contribution in [3.8, 4) is 0 Å². The summed E-state index contributed by atoms with van der Waals surface area (Å²) in [6.07, 6.45) is 1.35. The number of halogens is 1. The normalized spacial score (nSPS) is 24.4. The van der Waals surface area contributed by atoms with E-state index >= 15 is 0 Å². The Balaban J connectivity index is 2.30. The molecule has 1 saturated heterocycles. The van der Waals surface area contributed by atoms with Crippen molar-refractivity contribution in [3.05, 3.63) is 34.9 Å². The van der Waals surface area contributed by atoms with Crippen LogP contribution in [0.15, 0.2) is 24.3 Å². The van der Waals surface area contributed by atoms with Gasteiger partial charge >= 0.3 is 0 Å². The van der Waals surface area contributed by atoms with Crippen LogP contribution in [-0.2, 0) is 14.6 Å². The molecule has 0 radical (unpaired) electrons. The first kappa shape index (κ1) is 12.6. The highest BCUT2D eigenvalue weighted by atomic mass is 35.5. The molecular weight excluding hydrogens is 260 g/mol. The van der Waals surface area contributed by atoms with Gasteiger partial charge in [-0.3, -0.25) is 0 Å². The Morgan fingerprint density at radius 1 is 1.35 bits per heavy atom. The van der Waals surface area contributed by atoms with Crippen molar-refractivity contribution < 1.29 is 13.2 Å². The maximum Gasteiger partial charge on any atom is 0.150 e. The van der Waals surface area contributed by atoms with Gasteiger partial charge in [0.25, 0.3) is 0 Å². The fourth-order valence-electron chi connectivity index (χ4n) is 2.29. The van der Waals surface area contributed by atoms with Gasteiger partial charge in [-0.25, -0.2) is 8.42 Å². The van der Waals surface area contributed by atoms with Gasteiger partial charge in [-0.05, 0) is 24.0 Å². The summed E-state index contributed by atoms with van der Waals surface area (Å²) in [5, 5.41) is 0.522. The number of benzene rings is 1. The fourth-order valence-corrected chi connectivity index (χ4v) is 4.41. The van der Waals surface area contributed by atoms with E-state index in [4.69, 9.17) is 11.6 Å². The Kier molecular flexibility index (Phi) is 3.54. The van der Waals surface area contributed by atoms with Crippen LogP contribution in [0.4, 0.5) is 0 Å². The average molecular weight is 273 g/mol. The van der Waals surface area contributed by atoms with Crippen LogP contribution in [0.3, 0.4) is 0 Å². The standard InChI is InChI=1S/C12H13ClO3S/c13-12-4-2-1-3-10(12)11(7-14)9-5-6-17(15,16)8-9/h1-4,7,9,11H,5-6,8H2. The second-order valence-electron chi connectivity index (χ2n) is 4.35. The molecule has 1 fully saturated rings. The Hall–Kier alpha value is -0.870. The minimum Gasteiger partial charge on any atom is -0.303 e. The first-order valence-electron chi connectivity index (χ1n) is 5.43. The van der Waals surface area contributed by atoms with Crippen molar-refractivity contribution in [2.45, 2.75) is 12.3 Å². The molecule has 3 nitrogen and oxygen atoms in total. The van der Waals surface area contributed by atoms with E-state index in [0.717, 1.165) is 11.8 Å². The number of hydrogen-bond donors (Lipinski definition) is 0. The van der Waals surface area contributed by atoms with Crippen molar-refractivity contribution in [3.63, 3.8) is 0 Å². The topological polar surface area (TPSA) is 51.2 Å². The van der Waals surface area contributed by atoms with E-state index in [1.807, 2.05) is 0 Å². The van der Waals surface area contributed by atoms with Gasteiger partial charge < -0.3 is 4.79 Å². The van der Waals surface area contributed by atoms with Crippen LogP contribution >= 0.6 is 11.6 Å². The summed E-state index contributed by atoms with van der Waals surface area (Å²) in [6, 6.07) is 7.10. The van der Waals surface area contributed by atoms with E-state index in [1.54, 1.807) is 24.3 Å². The molecule has 2 rings (SSSR count). The third-order valence-electron chi connectivity index (χ3n) is 3.19. The molecule has 1 heterocycles. The predicted octanol–water partition coefficient (Wildman–Crippen LogP) is 2.06. The van der Waals surface area contributed by atoms with E-state index in [1.165, 1.54) is 0 Å². The highest BCUT2D eigenvalue weighted by molar-refractivity contribution is 7.91. The Morgan fingerprint density at radius 2 is 2.06 bits per heavy atom. The summed E-state index contributed by atoms with van der Waals surface area (Å²) in [7, 11) is -2.97. The molecule has 2 unspecified atom stereocenters. The molecule has 2 atom stereocenters. The Bertz CT molecular complexity index is 524. The first-order chi connectivity index (χ1) is 8.03. The molecule has 0 aromatic heterocycles. The zero-order valence-electron chi connectivity index (χ0n) is 9.17. The second-order valence-corrected chi connectivity index (χ2v) is 6.98.